The van der Waals surface area contributed by atoms with E-state index in [4.69, 9.17) is 32.7 Å². The first-order valence-electron chi connectivity index (χ1n) is 14.2. The molecule has 11 nitrogen and oxygen atoms in total. The van der Waals surface area contributed by atoms with Gasteiger partial charge in [-0.1, -0.05) is 35.9 Å². The SMILES string of the molecule is COc1cc(C=C[C@H]2C3=CC[C@@H]4C(=O)N(c5cccc(B(O)O)c5)C(=O)[C@@H]4[C@@H]3C[C@@]3(Cl)C(=O)N(C)C(=O)[C@@]23Cl)cc(OC)c1O. The predicted molar refractivity (Wildman–Crippen MR) is 165 cm³/mol. The number of carbonyl (C=O) groups is 4. The van der Waals surface area contributed by atoms with Crippen LogP contribution in [-0.2, 0) is 19.2 Å². The number of imide groups is 2. The fourth-order valence-electron chi connectivity index (χ4n) is 7.29. The molecule has 0 unspecified atom stereocenters. The number of ether oxygens (including phenoxy) is 2. The average Bonchev–Trinajstić information content (AvgIpc) is 3.35. The van der Waals surface area contributed by atoms with Gasteiger partial charge >= 0.3 is 7.12 Å². The number of allylic oxidation sites excluding steroid dienone is 3. The number of methoxy groups -OCH3 is 2. The number of aromatic hydroxyl groups is 1. The number of phenolic OH excluding ortho intramolecular Hbond substituents is 1. The molecule has 14 heteroatoms. The summed E-state index contributed by atoms with van der Waals surface area (Å²) >= 11 is 14.3. The highest BCUT2D eigenvalue weighted by molar-refractivity contribution is 6.58. The Hall–Kier alpha value is -3.84. The highest BCUT2D eigenvalue weighted by atomic mass is 35.5. The van der Waals surface area contributed by atoms with Crippen LogP contribution in [0.2, 0.25) is 0 Å². The van der Waals surface area contributed by atoms with Crippen LogP contribution in [0.1, 0.15) is 18.4 Å². The summed E-state index contributed by atoms with van der Waals surface area (Å²) in [7, 11) is 2.28. The molecular formula is C31H29BCl2N2O9. The van der Waals surface area contributed by atoms with Gasteiger partial charge in [0.2, 0.25) is 17.6 Å². The van der Waals surface area contributed by atoms with Crippen molar-refractivity contribution in [1.82, 2.24) is 4.90 Å². The van der Waals surface area contributed by atoms with Crippen LogP contribution in [0, 0.1) is 23.7 Å². The standard InChI is InChI=1S/C31H29BCl2N2O9/c1-35-28(40)30(33)14-20-18(8-9-19-24(20)27(39)36(26(19)38)17-6-4-5-16(13-17)32(42)43)21(31(30,34)29(35)41)10-7-15-11-22(44-2)25(37)23(12-15)45-3/h4-8,10-13,19-21,24,37,42-43H,9,14H2,1-3H3/t19-,20+,21-,24-,30+,31-/m0/s1. The van der Waals surface area contributed by atoms with E-state index in [0.29, 0.717) is 11.1 Å². The number of amides is 4. The Morgan fingerprint density at radius 2 is 1.64 bits per heavy atom. The number of likely N-dealkylation sites (tertiary alicyclic amines) is 1. The van der Waals surface area contributed by atoms with E-state index in [-0.39, 0.29) is 41.2 Å². The number of hydrogen-bond acceptors (Lipinski definition) is 9. The summed E-state index contributed by atoms with van der Waals surface area (Å²) in [6.07, 6.45) is 5.10. The molecule has 2 aromatic rings. The molecule has 2 aliphatic heterocycles. The summed E-state index contributed by atoms with van der Waals surface area (Å²) in [5.41, 5.74) is 1.42. The van der Waals surface area contributed by atoms with Gasteiger partial charge in [-0.15, -0.1) is 23.2 Å². The summed E-state index contributed by atoms with van der Waals surface area (Å²) in [6, 6.07) is 8.97. The van der Waals surface area contributed by atoms with Crippen molar-refractivity contribution in [1.29, 1.82) is 0 Å². The monoisotopic (exact) mass is 654 g/mol. The number of anilines is 1. The van der Waals surface area contributed by atoms with Crippen molar-refractivity contribution < 1.29 is 43.8 Å². The highest BCUT2D eigenvalue weighted by Crippen LogP contribution is 2.63. The maximum absolute atomic E-state index is 14.1. The summed E-state index contributed by atoms with van der Waals surface area (Å²) in [5, 5.41) is 29.7. The lowest BCUT2D eigenvalue weighted by atomic mass is 9.57. The Balaban J connectivity index is 1.45. The molecule has 6 atom stereocenters. The van der Waals surface area contributed by atoms with Crippen LogP contribution < -0.4 is 19.8 Å². The summed E-state index contributed by atoms with van der Waals surface area (Å²) in [4.78, 5) is 53.1. The number of fused-ring (bicyclic) bond motifs is 4. The zero-order valence-corrected chi connectivity index (χ0v) is 26.0. The molecule has 2 aliphatic carbocycles. The Morgan fingerprint density at radius 1 is 0.978 bits per heavy atom. The lowest BCUT2D eigenvalue weighted by molar-refractivity contribution is -0.138. The lowest BCUT2D eigenvalue weighted by Gasteiger charge is -2.49. The van der Waals surface area contributed by atoms with Gasteiger partial charge in [-0.2, -0.15) is 0 Å². The predicted octanol–water partition coefficient (Wildman–Crippen LogP) is 1.83. The Kier molecular flexibility index (Phi) is 7.55. The van der Waals surface area contributed by atoms with Crippen LogP contribution in [0.3, 0.4) is 0 Å². The van der Waals surface area contributed by atoms with E-state index in [2.05, 4.69) is 0 Å². The van der Waals surface area contributed by atoms with Crippen molar-refractivity contribution >= 4 is 71.2 Å². The lowest BCUT2D eigenvalue weighted by Crippen LogP contribution is -2.60. The normalized spacial score (nSPS) is 30.8. The molecule has 3 fully saturated rings. The first-order valence-corrected chi connectivity index (χ1v) is 14.9. The van der Waals surface area contributed by atoms with Crippen molar-refractivity contribution in [3.8, 4) is 17.2 Å². The van der Waals surface area contributed by atoms with E-state index in [0.717, 1.165) is 9.80 Å². The average molecular weight is 655 g/mol. The Morgan fingerprint density at radius 3 is 2.27 bits per heavy atom. The van der Waals surface area contributed by atoms with Gasteiger partial charge in [-0.3, -0.25) is 29.0 Å². The number of halogens is 2. The first kappa shape index (κ1) is 31.2. The third-order valence-electron chi connectivity index (χ3n) is 9.48. The van der Waals surface area contributed by atoms with Gasteiger partial charge in [-0.05, 0) is 54.1 Å². The second kappa shape index (κ2) is 10.9. The highest BCUT2D eigenvalue weighted by Gasteiger charge is 2.75. The molecule has 6 rings (SSSR count). The molecule has 234 valence electrons. The van der Waals surface area contributed by atoms with Gasteiger partial charge in [0.1, 0.15) is 0 Å². The molecule has 4 aliphatic rings. The topological polar surface area (TPSA) is 154 Å². The number of alkyl halides is 2. The zero-order chi connectivity index (χ0) is 32.6. The zero-order valence-electron chi connectivity index (χ0n) is 24.4. The minimum absolute atomic E-state index is 0.108. The van der Waals surface area contributed by atoms with E-state index < -0.39 is 64.2 Å². The van der Waals surface area contributed by atoms with Gasteiger partial charge < -0.3 is 24.6 Å². The minimum atomic E-state index is -1.94. The Bertz CT molecular complexity index is 1690. The molecular weight excluding hydrogens is 626 g/mol. The van der Waals surface area contributed by atoms with Gasteiger partial charge in [0.05, 0.1) is 31.7 Å². The van der Waals surface area contributed by atoms with Crippen LogP contribution >= 0.6 is 23.2 Å². The van der Waals surface area contributed by atoms with E-state index in [1.165, 1.54) is 45.5 Å². The quantitative estimate of drug-likeness (QED) is 0.183. The molecule has 0 bridgehead atoms. The molecule has 45 heavy (non-hydrogen) atoms. The molecule has 2 saturated heterocycles. The summed E-state index contributed by atoms with van der Waals surface area (Å²) in [6.45, 7) is 0. The number of rotatable bonds is 6. The van der Waals surface area contributed by atoms with Gasteiger partial charge in [-0.25, -0.2) is 0 Å². The molecule has 2 aromatic carbocycles. The molecule has 0 spiro atoms. The van der Waals surface area contributed by atoms with E-state index in [1.54, 1.807) is 30.4 Å². The second-order valence-electron chi connectivity index (χ2n) is 11.7. The van der Waals surface area contributed by atoms with Crippen LogP contribution in [0.5, 0.6) is 17.2 Å². The van der Waals surface area contributed by atoms with Gasteiger partial charge in [0, 0.05) is 13.0 Å². The second-order valence-corrected chi connectivity index (χ2v) is 12.9. The van der Waals surface area contributed by atoms with Crippen molar-refractivity contribution in [2.24, 2.45) is 23.7 Å². The van der Waals surface area contributed by atoms with Crippen LogP contribution in [0.25, 0.3) is 6.08 Å². The smallest absolute Gasteiger partial charge is 0.488 e. The van der Waals surface area contributed by atoms with Crippen molar-refractivity contribution in [2.45, 2.75) is 22.6 Å². The molecule has 4 amide bonds. The van der Waals surface area contributed by atoms with Crippen LogP contribution in [0.4, 0.5) is 5.69 Å². The van der Waals surface area contributed by atoms with Gasteiger partial charge in [0.15, 0.2) is 21.2 Å². The van der Waals surface area contributed by atoms with Gasteiger partial charge in [0.25, 0.3) is 11.8 Å². The largest absolute Gasteiger partial charge is 0.502 e. The first-order chi connectivity index (χ1) is 21.3. The van der Waals surface area contributed by atoms with Crippen molar-refractivity contribution in [2.75, 3.05) is 26.2 Å². The fourth-order valence-corrected chi connectivity index (χ4v) is 8.26. The van der Waals surface area contributed by atoms with E-state index in [1.807, 2.05) is 0 Å². The number of hydrogen-bond donors (Lipinski definition) is 3. The number of nitrogens with zero attached hydrogens (tertiary/aromatic N) is 2. The van der Waals surface area contributed by atoms with E-state index in [9.17, 15) is 34.3 Å². The summed E-state index contributed by atoms with van der Waals surface area (Å²) < 4.78 is 10.5. The van der Waals surface area contributed by atoms with E-state index >= 15 is 0 Å². The third-order valence-corrected chi connectivity index (χ3v) is 10.9. The minimum Gasteiger partial charge on any atom is -0.502 e. The van der Waals surface area contributed by atoms with Crippen LogP contribution in [0.15, 0.2) is 54.1 Å². The molecule has 0 aromatic heterocycles. The number of carbonyl (C=O) groups excluding carboxylic acids is 4. The maximum atomic E-state index is 14.1. The third kappa shape index (κ3) is 4.34. The number of benzene rings is 2. The molecule has 2 heterocycles. The van der Waals surface area contributed by atoms with Crippen LogP contribution in [-0.4, -0.2) is 81.8 Å². The Labute approximate surface area is 268 Å². The fraction of sp³-hybridized carbons (Fsp3) is 0.355. The number of phenols is 1. The molecule has 0 radical (unpaired) electrons. The van der Waals surface area contributed by atoms with Crippen molar-refractivity contribution in [3.63, 3.8) is 0 Å². The maximum Gasteiger partial charge on any atom is 0.488 e. The summed E-state index contributed by atoms with van der Waals surface area (Å²) in [5.74, 6) is -5.64. The molecule has 1 saturated carbocycles. The van der Waals surface area contributed by atoms with Crippen molar-refractivity contribution in [3.05, 3.63) is 59.7 Å². The molecule has 3 N–H and O–H groups in total.